The standard InChI is InChI=1S/C16H25N3O2.2C2H6/c1-5-8-14-13(6-2)18(4)10-11-19(14)15(9-7-12-20)16(21)17-3;2*1-2/h5-6,8,12,15H,1,7,9-11H2,2-4H3,(H,17,21);2*1-2H3/b13-6+,14-8+;;. The van der Waals surface area contributed by atoms with E-state index in [2.05, 4.69) is 21.7 Å². The number of carbonyl (C=O) groups is 2. The molecule has 0 bridgehead atoms. The lowest BCUT2D eigenvalue weighted by atomic mass is 10.0. The first-order chi connectivity index (χ1) is 12.1. The summed E-state index contributed by atoms with van der Waals surface area (Å²) in [5, 5.41) is 2.70. The van der Waals surface area contributed by atoms with Gasteiger partial charge in [-0.3, -0.25) is 4.79 Å². The Morgan fingerprint density at radius 1 is 1.24 bits per heavy atom. The molecule has 1 atom stereocenters. The summed E-state index contributed by atoms with van der Waals surface area (Å²) in [6, 6.07) is -0.338. The van der Waals surface area contributed by atoms with Gasteiger partial charge >= 0.3 is 0 Å². The van der Waals surface area contributed by atoms with Crippen molar-refractivity contribution in [2.24, 2.45) is 0 Å². The Labute approximate surface area is 154 Å². The van der Waals surface area contributed by atoms with Crippen LogP contribution in [-0.4, -0.2) is 55.2 Å². The average Bonchev–Trinajstić information content (AvgIpc) is 2.66. The van der Waals surface area contributed by atoms with Crippen LogP contribution < -0.4 is 5.32 Å². The number of nitrogens with one attached hydrogen (secondary N) is 1. The molecule has 25 heavy (non-hydrogen) atoms. The van der Waals surface area contributed by atoms with Crippen molar-refractivity contribution in [2.75, 3.05) is 27.2 Å². The third-order valence-corrected chi connectivity index (χ3v) is 3.69. The van der Waals surface area contributed by atoms with Crippen molar-refractivity contribution in [3.63, 3.8) is 0 Å². The number of piperazine rings is 1. The number of hydrogen-bond acceptors (Lipinski definition) is 4. The van der Waals surface area contributed by atoms with Crippen LogP contribution in [0, 0.1) is 0 Å². The maximum absolute atomic E-state index is 12.2. The van der Waals surface area contributed by atoms with Crippen LogP contribution >= 0.6 is 0 Å². The Morgan fingerprint density at radius 3 is 2.28 bits per heavy atom. The molecule has 0 aromatic rings. The summed E-state index contributed by atoms with van der Waals surface area (Å²) in [4.78, 5) is 27.1. The topological polar surface area (TPSA) is 52.7 Å². The monoisotopic (exact) mass is 351 g/mol. The molecule has 0 aromatic heterocycles. The molecule has 0 aliphatic carbocycles. The van der Waals surface area contributed by atoms with Gasteiger partial charge in [0.2, 0.25) is 5.91 Å². The summed E-state index contributed by atoms with van der Waals surface area (Å²) in [5.74, 6) is -0.0631. The van der Waals surface area contributed by atoms with Gasteiger partial charge in [-0.25, -0.2) is 0 Å². The van der Waals surface area contributed by atoms with Crippen molar-refractivity contribution in [3.8, 4) is 0 Å². The van der Waals surface area contributed by atoms with Crippen molar-refractivity contribution in [2.45, 2.75) is 53.5 Å². The Kier molecular flexibility index (Phi) is 15.6. The number of rotatable bonds is 6. The number of hydrogen-bond donors (Lipinski definition) is 1. The molecule has 1 fully saturated rings. The van der Waals surface area contributed by atoms with Gasteiger partial charge in [-0.1, -0.05) is 46.4 Å². The minimum atomic E-state index is -0.338. The number of allylic oxidation sites excluding steroid dienone is 3. The summed E-state index contributed by atoms with van der Waals surface area (Å²) in [6.07, 6.45) is 7.42. The van der Waals surface area contributed by atoms with Crippen molar-refractivity contribution < 1.29 is 9.59 Å². The van der Waals surface area contributed by atoms with Crippen LogP contribution in [0.4, 0.5) is 0 Å². The molecule has 1 saturated heterocycles. The number of likely N-dealkylation sites (N-methyl/N-ethyl adjacent to an activating group) is 2. The lowest BCUT2D eigenvalue weighted by Crippen LogP contribution is -2.51. The predicted octanol–water partition coefficient (Wildman–Crippen LogP) is 3.35. The van der Waals surface area contributed by atoms with Crippen LogP contribution in [0.3, 0.4) is 0 Å². The fraction of sp³-hybridized carbons (Fsp3) is 0.600. The Morgan fingerprint density at radius 2 is 1.84 bits per heavy atom. The van der Waals surface area contributed by atoms with Crippen LogP contribution in [0.25, 0.3) is 0 Å². The molecule has 1 heterocycles. The van der Waals surface area contributed by atoms with Crippen LogP contribution in [0.5, 0.6) is 0 Å². The second kappa shape index (κ2) is 15.5. The first kappa shape index (κ1) is 25.2. The second-order valence-corrected chi connectivity index (χ2v) is 4.95. The highest BCUT2D eigenvalue weighted by Gasteiger charge is 2.31. The molecule has 1 N–H and O–H groups in total. The number of amides is 1. The Balaban J connectivity index is 0. The first-order valence-electron chi connectivity index (χ1n) is 9.23. The molecule has 5 heteroatoms. The summed E-state index contributed by atoms with van der Waals surface area (Å²) in [5.41, 5.74) is 2.04. The van der Waals surface area contributed by atoms with E-state index in [1.807, 2.05) is 53.8 Å². The highest BCUT2D eigenvalue weighted by Crippen LogP contribution is 2.27. The molecule has 0 radical (unpaired) electrons. The van der Waals surface area contributed by atoms with E-state index in [1.54, 1.807) is 13.1 Å². The van der Waals surface area contributed by atoms with Crippen LogP contribution in [0.1, 0.15) is 47.5 Å². The smallest absolute Gasteiger partial charge is 0.242 e. The molecule has 1 aliphatic heterocycles. The normalized spacial score (nSPS) is 17.7. The van der Waals surface area contributed by atoms with E-state index >= 15 is 0 Å². The van der Waals surface area contributed by atoms with Crippen LogP contribution in [0.2, 0.25) is 0 Å². The maximum Gasteiger partial charge on any atom is 0.242 e. The van der Waals surface area contributed by atoms with Gasteiger partial charge < -0.3 is 19.9 Å². The van der Waals surface area contributed by atoms with E-state index < -0.39 is 0 Å². The third kappa shape index (κ3) is 7.59. The number of nitrogens with zero attached hydrogens (tertiary/aromatic N) is 2. The molecule has 0 saturated carbocycles. The van der Waals surface area contributed by atoms with Gasteiger partial charge in [0.1, 0.15) is 12.3 Å². The zero-order valence-electron chi connectivity index (χ0n) is 17.1. The van der Waals surface area contributed by atoms with Crippen LogP contribution in [-0.2, 0) is 9.59 Å². The van der Waals surface area contributed by atoms with Gasteiger partial charge in [0.05, 0.1) is 11.4 Å². The van der Waals surface area contributed by atoms with E-state index in [9.17, 15) is 9.59 Å². The SMILES string of the molecule is C=C/C=C1\C(=C/C)N(C)CCN1C(CCC=O)C(=O)NC.CC.CC. The van der Waals surface area contributed by atoms with Gasteiger partial charge in [0, 0.05) is 33.6 Å². The van der Waals surface area contributed by atoms with E-state index in [0.717, 1.165) is 30.8 Å². The van der Waals surface area contributed by atoms with E-state index in [-0.39, 0.29) is 11.9 Å². The molecule has 1 amide bonds. The average molecular weight is 352 g/mol. The maximum atomic E-state index is 12.2. The largest absolute Gasteiger partial charge is 0.371 e. The molecule has 1 aliphatic rings. The molecular weight excluding hydrogens is 314 g/mol. The predicted molar refractivity (Wildman–Crippen MR) is 107 cm³/mol. The highest BCUT2D eigenvalue weighted by atomic mass is 16.2. The lowest BCUT2D eigenvalue weighted by molar-refractivity contribution is -0.125. The minimum absolute atomic E-state index is 0.0631. The van der Waals surface area contributed by atoms with E-state index in [1.165, 1.54) is 0 Å². The molecule has 144 valence electrons. The van der Waals surface area contributed by atoms with Gasteiger partial charge in [0.15, 0.2) is 0 Å². The van der Waals surface area contributed by atoms with Gasteiger partial charge in [-0.2, -0.15) is 0 Å². The Hall–Kier alpha value is -2.04. The van der Waals surface area contributed by atoms with Crippen molar-refractivity contribution in [3.05, 3.63) is 36.2 Å². The molecular formula is C20H37N3O2. The first-order valence-corrected chi connectivity index (χ1v) is 9.23. The summed E-state index contributed by atoms with van der Waals surface area (Å²) in [7, 11) is 3.66. The van der Waals surface area contributed by atoms with E-state index in [0.29, 0.717) is 12.8 Å². The second-order valence-electron chi connectivity index (χ2n) is 4.95. The zero-order chi connectivity index (χ0) is 19.8. The Bertz CT molecular complexity index is 456. The minimum Gasteiger partial charge on any atom is -0.371 e. The zero-order valence-corrected chi connectivity index (χ0v) is 17.1. The molecule has 0 aromatic carbocycles. The fourth-order valence-corrected chi connectivity index (χ4v) is 2.65. The molecule has 0 spiro atoms. The van der Waals surface area contributed by atoms with Crippen LogP contribution in [0.15, 0.2) is 36.2 Å². The summed E-state index contributed by atoms with van der Waals surface area (Å²) in [6.45, 7) is 15.3. The molecule has 5 nitrogen and oxygen atoms in total. The van der Waals surface area contributed by atoms with E-state index in [4.69, 9.17) is 0 Å². The van der Waals surface area contributed by atoms with Gasteiger partial charge in [0.25, 0.3) is 0 Å². The summed E-state index contributed by atoms with van der Waals surface area (Å²) < 4.78 is 0. The molecule has 1 unspecified atom stereocenters. The molecule has 1 rings (SSSR count). The van der Waals surface area contributed by atoms with Gasteiger partial charge in [-0.05, 0) is 19.4 Å². The quantitative estimate of drug-likeness (QED) is 0.746. The summed E-state index contributed by atoms with van der Waals surface area (Å²) >= 11 is 0. The van der Waals surface area contributed by atoms with Gasteiger partial charge in [-0.15, -0.1) is 0 Å². The fourth-order valence-electron chi connectivity index (χ4n) is 2.65. The number of carbonyl (C=O) groups excluding carboxylic acids is 2. The van der Waals surface area contributed by atoms with Crippen molar-refractivity contribution in [1.82, 2.24) is 15.1 Å². The highest BCUT2D eigenvalue weighted by molar-refractivity contribution is 5.82. The lowest BCUT2D eigenvalue weighted by Gasteiger charge is -2.43. The van der Waals surface area contributed by atoms with Crippen molar-refractivity contribution >= 4 is 12.2 Å². The van der Waals surface area contributed by atoms with Crippen molar-refractivity contribution in [1.29, 1.82) is 0 Å². The third-order valence-electron chi connectivity index (χ3n) is 3.69. The number of aldehydes is 1.